The van der Waals surface area contributed by atoms with Crippen LogP contribution >= 0.6 is 11.3 Å². The molecule has 2 N–H and O–H groups in total. The van der Waals surface area contributed by atoms with Crippen molar-refractivity contribution >= 4 is 34.4 Å². The number of hydrogen-bond acceptors (Lipinski definition) is 7. The first-order chi connectivity index (χ1) is 15.5. The second-order valence-electron chi connectivity index (χ2n) is 7.98. The van der Waals surface area contributed by atoms with E-state index in [1.807, 2.05) is 17.0 Å². The Kier molecular flexibility index (Phi) is 5.23. The third kappa shape index (κ3) is 3.67. The van der Waals surface area contributed by atoms with E-state index in [9.17, 15) is 14.4 Å². The maximum absolute atomic E-state index is 13.7. The molecule has 2 aliphatic rings. The fourth-order valence-electron chi connectivity index (χ4n) is 4.14. The Bertz CT molecular complexity index is 1220. The molecule has 2 aliphatic heterocycles. The average Bonchev–Trinajstić information content (AvgIpc) is 3.25. The van der Waals surface area contributed by atoms with Gasteiger partial charge in [0.2, 0.25) is 0 Å². The number of nitrogens with zero attached hydrogens (tertiary/aromatic N) is 5. The fraction of sp³-hybridized carbons (Fsp3) is 0.304. The summed E-state index contributed by atoms with van der Waals surface area (Å²) >= 11 is 1.34. The van der Waals surface area contributed by atoms with Gasteiger partial charge in [0.05, 0.1) is 17.8 Å². The molecule has 3 aromatic rings. The smallest absolute Gasteiger partial charge is 0.270 e. The average molecular weight is 449 g/mol. The number of fused-ring (bicyclic) bond motifs is 1. The predicted octanol–water partition coefficient (Wildman–Crippen LogP) is 3.80. The number of anilines is 3. The first-order valence-electron chi connectivity index (χ1n) is 10.5. The molecule has 4 heterocycles. The number of hydrogen-bond donors (Lipinski definition) is 1. The van der Waals surface area contributed by atoms with Crippen molar-refractivity contribution in [2.45, 2.75) is 25.4 Å². The Morgan fingerprint density at radius 1 is 1.25 bits per heavy atom. The molecule has 1 fully saturated rings. The minimum absolute atomic E-state index is 0.129. The summed E-state index contributed by atoms with van der Waals surface area (Å²) < 4.78 is 13.7. The molecule has 1 atom stereocenters. The van der Waals surface area contributed by atoms with Gasteiger partial charge < -0.3 is 15.5 Å². The normalized spacial score (nSPS) is 18.4. The lowest BCUT2D eigenvalue weighted by Crippen LogP contribution is -2.37. The summed E-state index contributed by atoms with van der Waals surface area (Å²) in [6.07, 6.45) is 2.99. The Hall–Kier alpha value is -3.51. The number of benzene rings is 1. The van der Waals surface area contributed by atoms with E-state index < -0.39 is 6.17 Å². The summed E-state index contributed by atoms with van der Waals surface area (Å²) in [7, 11) is 0. The highest BCUT2D eigenvalue weighted by molar-refractivity contribution is 7.17. The quantitative estimate of drug-likeness (QED) is 0.612. The summed E-state index contributed by atoms with van der Waals surface area (Å²) in [4.78, 5) is 26.6. The molecule has 0 saturated carbocycles. The van der Waals surface area contributed by atoms with Crippen LogP contribution in [0.1, 0.15) is 33.8 Å². The summed E-state index contributed by atoms with van der Waals surface area (Å²) in [5, 5.41) is 9.98. The zero-order valence-electron chi connectivity index (χ0n) is 17.3. The number of carbonyl (C=O) groups excluding carboxylic acids is 1. The van der Waals surface area contributed by atoms with Crippen LogP contribution in [0.3, 0.4) is 0 Å². The van der Waals surface area contributed by atoms with Gasteiger partial charge in [-0.1, -0.05) is 0 Å². The van der Waals surface area contributed by atoms with Crippen LogP contribution in [0, 0.1) is 11.3 Å². The van der Waals surface area contributed by atoms with Gasteiger partial charge in [-0.25, -0.2) is 14.4 Å². The molecule has 1 unspecified atom stereocenters. The molecular formula is C23H21FN6OS. The molecule has 0 bridgehead atoms. The monoisotopic (exact) mass is 448 g/mol. The second kappa shape index (κ2) is 8.20. The van der Waals surface area contributed by atoms with Crippen LogP contribution in [0.2, 0.25) is 0 Å². The highest BCUT2D eigenvalue weighted by atomic mass is 32.1. The zero-order valence-corrected chi connectivity index (χ0v) is 18.1. The number of carbonyl (C=O) groups is 1. The van der Waals surface area contributed by atoms with Gasteiger partial charge in [-0.3, -0.25) is 4.79 Å². The highest BCUT2D eigenvalue weighted by Gasteiger charge is 2.30. The number of nitrogens with two attached hydrogens (primary N) is 1. The van der Waals surface area contributed by atoms with Crippen LogP contribution < -0.4 is 15.5 Å². The SMILES string of the molecule is N#Cc1cc(N2CCc3nc(-c4ccc(N5CCCC(F)C5)nc4)sc3C2=O)ccc1N. The van der Waals surface area contributed by atoms with E-state index >= 15 is 0 Å². The molecule has 1 saturated heterocycles. The van der Waals surface area contributed by atoms with Crippen LogP contribution in [0.5, 0.6) is 0 Å². The Morgan fingerprint density at radius 2 is 2.12 bits per heavy atom. The third-order valence-electron chi connectivity index (χ3n) is 5.86. The van der Waals surface area contributed by atoms with E-state index in [1.165, 1.54) is 11.3 Å². The number of halogens is 1. The van der Waals surface area contributed by atoms with Gasteiger partial charge in [0.25, 0.3) is 5.91 Å². The predicted molar refractivity (Wildman–Crippen MR) is 123 cm³/mol. The molecule has 32 heavy (non-hydrogen) atoms. The Labute approximate surface area is 188 Å². The van der Waals surface area contributed by atoms with E-state index in [0.29, 0.717) is 47.7 Å². The molecule has 9 heteroatoms. The summed E-state index contributed by atoms with van der Waals surface area (Å²) in [6.45, 7) is 1.67. The van der Waals surface area contributed by atoms with E-state index in [4.69, 9.17) is 5.73 Å². The Morgan fingerprint density at radius 3 is 2.88 bits per heavy atom. The van der Waals surface area contributed by atoms with Crippen molar-refractivity contribution in [2.75, 3.05) is 35.2 Å². The van der Waals surface area contributed by atoms with Crippen LogP contribution in [-0.4, -0.2) is 41.7 Å². The molecule has 7 nitrogen and oxygen atoms in total. The maximum Gasteiger partial charge on any atom is 0.270 e. The van der Waals surface area contributed by atoms with Crippen molar-refractivity contribution < 1.29 is 9.18 Å². The van der Waals surface area contributed by atoms with Crippen molar-refractivity contribution in [3.63, 3.8) is 0 Å². The molecule has 1 aromatic carbocycles. The van der Waals surface area contributed by atoms with Crippen LogP contribution in [0.4, 0.5) is 21.6 Å². The Balaban J connectivity index is 1.38. The minimum Gasteiger partial charge on any atom is -0.398 e. The highest BCUT2D eigenvalue weighted by Crippen LogP contribution is 2.34. The van der Waals surface area contributed by atoms with Crippen molar-refractivity contribution in [2.24, 2.45) is 0 Å². The van der Waals surface area contributed by atoms with Crippen molar-refractivity contribution in [3.05, 3.63) is 52.7 Å². The maximum atomic E-state index is 13.7. The van der Waals surface area contributed by atoms with Crippen molar-refractivity contribution in [3.8, 4) is 16.6 Å². The number of nitrogen functional groups attached to an aromatic ring is 1. The molecule has 2 aromatic heterocycles. The number of alkyl halides is 1. The lowest BCUT2D eigenvalue weighted by Gasteiger charge is -2.29. The van der Waals surface area contributed by atoms with E-state index in [-0.39, 0.29) is 5.91 Å². The lowest BCUT2D eigenvalue weighted by molar-refractivity contribution is 0.0984. The van der Waals surface area contributed by atoms with Crippen LogP contribution in [0.15, 0.2) is 36.5 Å². The first kappa shape index (κ1) is 20.4. The lowest BCUT2D eigenvalue weighted by atomic mass is 10.1. The van der Waals surface area contributed by atoms with Crippen LogP contribution in [0.25, 0.3) is 10.6 Å². The van der Waals surface area contributed by atoms with Gasteiger partial charge in [-0.15, -0.1) is 11.3 Å². The van der Waals surface area contributed by atoms with Crippen LogP contribution in [-0.2, 0) is 6.42 Å². The molecule has 162 valence electrons. The van der Waals surface area contributed by atoms with E-state index in [2.05, 4.69) is 16.0 Å². The molecule has 5 rings (SSSR count). The largest absolute Gasteiger partial charge is 0.398 e. The standard InChI is InChI=1S/C23H21FN6OS/c24-16-2-1-8-29(13-16)20-6-3-14(12-27-20)22-28-19-7-9-30(23(31)21(19)32-22)17-4-5-18(26)15(10-17)11-25/h3-6,10,12,16H,1-2,7-9,13,26H2. The summed E-state index contributed by atoms with van der Waals surface area (Å²) in [5.74, 6) is 0.631. The van der Waals surface area contributed by atoms with Gasteiger partial charge in [-0.2, -0.15) is 5.26 Å². The van der Waals surface area contributed by atoms with Gasteiger partial charge in [0.15, 0.2) is 0 Å². The summed E-state index contributed by atoms with van der Waals surface area (Å²) in [5.41, 5.74) is 8.82. The third-order valence-corrected chi connectivity index (χ3v) is 7.00. The number of rotatable bonds is 3. The zero-order chi connectivity index (χ0) is 22.2. The molecule has 0 radical (unpaired) electrons. The molecule has 1 amide bonds. The first-order valence-corrected chi connectivity index (χ1v) is 11.3. The van der Waals surface area contributed by atoms with Gasteiger partial charge >= 0.3 is 0 Å². The summed E-state index contributed by atoms with van der Waals surface area (Å²) in [6, 6.07) is 10.9. The molecular weight excluding hydrogens is 427 g/mol. The van der Waals surface area contributed by atoms with E-state index in [0.717, 1.165) is 35.0 Å². The topological polar surface area (TPSA) is 99.1 Å². The second-order valence-corrected chi connectivity index (χ2v) is 8.97. The molecule has 0 spiro atoms. The number of nitriles is 1. The number of amides is 1. The van der Waals surface area contributed by atoms with Crippen molar-refractivity contribution in [1.82, 2.24) is 9.97 Å². The van der Waals surface area contributed by atoms with E-state index in [1.54, 1.807) is 29.3 Å². The minimum atomic E-state index is -0.810. The van der Waals surface area contributed by atoms with Gasteiger partial charge in [0.1, 0.15) is 27.9 Å². The van der Waals surface area contributed by atoms with Crippen molar-refractivity contribution in [1.29, 1.82) is 5.26 Å². The number of thiazole rings is 1. The van der Waals surface area contributed by atoms with Gasteiger partial charge in [-0.05, 0) is 43.2 Å². The number of pyridine rings is 1. The van der Waals surface area contributed by atoms with Gasteiger partial charge in [0, 0.05) is 42.6 Å². The number of aromatic nitrogens is 2. The number of piperidine rings is 1. The fourth-order valence-corrected chi connectivity index (χ4v) is 5.19. The molecule has 0 aliphatic carbocycles.